The predicted octanol–water partition coefficient (Wildman–Crippen LogP) is 7.45. The summed E-state index contributed by atoms with van der Waals surface area (Å²) in [4.78, 5) is 30.7. The average molecular weight is 535 g/mol. The molecule has 2 aliphatic heterocycles. The van der Waals surface area contributed by atoms with Gasteiger partial charge in [-0.3, -0.25) is 9.59 Å². The third-order valence-corrected chi connectivity index (χ3v) is 7.99. The molecule has 40 heavy (non-hydrogen) atoms. The van der Waals surface area contributed by atoms with E-state index < -0.39 is 0 Å². The number of rotatable bonds is 3. The van der Waals surface area contributed by atoms with Gasteiger partial charge < -0.3 is 20.6 Å². The Kier molecular flexibility index (Phi) is 5.45. The summed E-state index contributed by atoms with van der Waals surface area (Å²) in [5.74, 6) is -0.726. The van der Waals surface area contributed by atoms with E-state index in [9.17, 15) is 18.4 Å². The topological polar surface area (TPSA) is 89.8 Å². The number of hydrogen-bond acceptors (Lipinski definition) is 2. The van der Waals surface area contributed by atoms with Crippen molar-refractivity contribution in [2.45, 2.75) is 25.7 Å². The van der Waals surface area contributed by atoms with E-state index in [1.54, 1.807) is 30.5 Å². The maximum absolute atomic E-state index is 14.3. The Bertz CT molecular complexity index is 1870. The van der Waals surface area contributed by atoms with Crippen molar-refractivity contribution in [2.24, 2.45) is 0 Å². The minimum absolute atomic E-state index is 0.106. The van der Waals surface area contributed by atoms with Gasteiger partial charge in [-0.15, -0.1) is 0 Å². The first-order valence-electron chi connectivity index (χ1n) is 13.2. The van der Waals surface area contributed by atoms with Gasteiger partial charge in [0.25, 0.3) is 11.8 Å². The number of carbonyl (C=O) groups excluding carboxylic acids is 2. The van der Waals surface area contributed by atoms with Gasteiger partial charge in [0.05, 0.1) is 11.1 Å². The molecule has 198 valence electrons. The Balaban J connectivity index is 0.000000133. The first-order valence-corrected chi connectivity index (χ1v) is 13.2. The van der Waals surface area contributed by atoms with Crippen molar-refractivity contribution in [2.75, 3.05) is 10.6 Å². The standard InChI is InChI=1S/C17H15FN2O.C15H9FN2O/c1-2-9-8-10(12-4-3-7-19-12)15-16-13(20-17(15)21)6-5-11(18)14(9)16;16-10-5-6-12-13-8(10)3-4-9(11-2-1-7-17-11)14(13)15(19)18-12/h3-7,9,19H,2,8H2,1H3,(H,20,21);1-7,17H,(H,18,19). The summed E-state index contributed by atoms with van der Waals surface area (Å²) in [6, 6.07) is 17.2. The summed E-state index contributed by atoms with van der Waals surface area (Å²) in [5, 5.41) is 6.78. The maximum atomic E-state index is 14.3. The number of anilines is 2. The van der Waals surface area contributed by atoms with Crippen LogP contribution in [0.25, 0.3) is 33.2 Å². The number of aromatic nitrogens is 2. The van der Waals surface area contributed by atoms with E-state index in [0.717, 1.165) is 40.2 Å². The van der Waals surface area contributed by atoms with Crippen LogP contribution in [0.3, 0.4) is 0 Å². The summed E-state index contributed by atoms with van der Waals surface area (Å²) < 4.78 is 28.1. The number of hydrogen-bond donors (Lipinski definition) is 4. The smallest absolute Gasteiger partial charge is 0.257 e. The van der Waals surface area contributed by atoms with E-state index in [4.69, 9.17) is 0 Å². The molecule has 0 bridgehead atoms. The minimum Gasteiger partial charge on any atom is -0.361 e. The first kappa shape index (κ1) is 24.1. The summed E-state index contributed by atoms with van der Waals surface area (Å²) in [5.41, 5.74) is 7.60. The van der Waals surface area contributed by atoms with Gasteiger partial charge in [0, 0.05) is 62.6 Å². The summed E-state index contributed by atoms with van der Waals surface area (Å²) >= 11 is 0. The molecular formula is C32H24F2N4O2. The third kappa shape index (κ3) is 3.52. The predicted molar refractivity (Wildman–Crippen MR) is 152 cm³/mol. The molecule has 1 aliphatic carbocycles. The van der Waals surface area contributed by atoms with Crippen molar-refractivity contribution < 1.29 is 18.4 Å². The average Bonchev–Trinajstić information content (AvgIpc) is 3.77. The van der Waals surface area contributed by atoms with Gasteiger partial charge in [-0.1, -0.05) is 19.1 Å². The second-order valence-electron chi connectivity index (χ2n) is 10.1. The minimum atomic E-state index is -0.311. The largest absolute Gasteiger partial charge is 0.361 e. The van der Waals surface area contributed by atoms with Crippen molar-refractivity contribution in [1.29, 1.82) is 0 Å². The molecule has 2 amide bonds. The number of H-pyrrole nitrogens is 2. The van der Waals surface area contributed by atoms with E-state index in [1.807, 2.05) is 30.5 Å². The van der Waals surface area contributed by atoms with Gasteiger partial charge in [0.2, 0.25) is 0 Å². The molecule has 1 unspecified atom stereocenters. The van der Waals surface area contributed by atoms with Gasteiger partial charge >= 0.3 is 0 Å². The number of halogens is 2. The van der Waals surface area contributed by atoms with Crippen LogP contribution in [0.1, 0.15) is 52.9 Å². The Morgan fingerprint density at radius 2 is 1.48 bits per heavy atom. The van der Waals surface area contributed by atoms with E-state index in [0.29, 0.717) is 39.6 Å². The highest BCUT2D eigenvalue weighted by Crippen LogP contribution is 2.50. The lowest BCUT2D eigenvalue weighted by Crippen LogP contribution is -2.14. The number of amides is 2. The zero-order valence-electron chi connectivity index (χ0n) is 21.5. The lowest BCUT2D eigenvalue weighted by Gasteiger charge is -2.26. The van der Waals surface area contributed by atoms with Crippen LogP contribution in [0.5, 0.6) is 0 Å². The summed E-state index contributed by atoms with van der Waals surface area (Å²) in [6.45, 7) is 2.06. The van der Waals surface area contributed by atoms with Crippen LogP contribution in [0.4, 0.5) is 20.2 Å². The lowest BCUT2D eigenvalue weighted by molar-refractivity contribution is -0.110. The zero-order chi connectivity index (χ0) is 27.5. The van der Waals surface area contributed by atoms with Crippen LogP contribution < -0.4 is 10.6 Å². The number of nitrogens with one attached hydrogen (secondary N) is 4. The highest BCUT2D eigenvalue weighted by atomic mass is 19.1. The van der Waals surface area contributed by atoms with Crippen molar-refractivity contribution in [1.82, 2.24) is 9.97 Å². The molecule has 8 heteroatoms. The van der Waals surface area contributed by atoms with E-state index in [-0.39, 0.29) is 29.4 Å². The van der Waals surface area contributed by atoms with E-state index >= 15 is 0 Å². The fourth-order valence-electron chi connectivity index (χ4n) is 6.17. The Morgan fingerprint density at radius 1 is 0.775 bits per heavy atom. The van der Waals surface area contributed by atoms with Gasteiger partial charge in [-0.25, -0.2) is 8.78 Å². The highest BCUT2D eigenvalue weighted by Gasteiger charge is 2.38. The normalized spacial score (nSPS) is 16.5. The molecule has 0 fully saturated rings. The molecule has 0 radical (unpaired) electrons. The van der Waals surface area contributed by atoms with E-state index in [2.05, 4.69) is 27.5 Å². The SMILES string of the molecule is CCC1CC(c2ccc[nH]2)=C2C(=O)Nc3ccc(F)c1c32.O=C1Nc2ccc(F)c3ccc(-c4ccc[nH]4)c1c23. The van der Waals surface area contributed by atoms with Crippen LogP contribution in [-0.4, -0.2) is 21.8 Å². The van der Waals surface area contributed by atoms with E-state index in [1.165, 1.54) is 12.1 Å². The third-order valence-electron chi connectivity index (χ3n) is 7.99. The molecule has 0 spiro atoms. The molecular weight excluding hydrogens is 510 g/mol. The van der Waals surface area contributed by atoms with Gasteiger partial charge in [-0.2, -0.15) is 0 Å². The molecule has 0 saturated heterocycles. The summed E-state index contributed by atoms with van der Waals surface area (Å²) in [7, 11) is 0. The number of carbonyl (C=O) groups is 2. The fourth-order valence-corrected chi connectivity index (χ4v) is 6.17. The van der Waals surface area contributed by atoms with Crippen LogP contribution >= 0.6 is 0 Å². The molecule has 2 aromatic heterocycles. The summed E-state index contributed by atoms with van der Waals surface area (Å²) in [6.07, 6.45) is 5.18. The second kappa shape index (κ2) is 9.05. The Morgan fingerprint density at radius 3 is 2.20 bits per heavy atom. The highest BCUT2D eigenvalue weighted by molar-refractivity contribution is 6.37. The van der Waals surface area contributed by atoms with Gasteiger partial charge in [0.1, 0.15) is 11.6 Å². The van der Waals surface area contributed by atoms with Crippen molar-refractivity contribution >= 4 is 45.1 Å². The fraction of sp³-hybridized carbons (Fsp3) is 0.125. The molecule has 8 rings (SSSR count). The number of benzene rings is 3. The van der Waals surface area contributed by atoms with Gasteiger partial charge in [-0.05, 0) is 72.9 Å². The molecule has 3 aromatic carbocycles. The molecule has 4 heterocycles. The second-order valence-corrected chi connectivity index (χ2v) is 10.1. The first-order chi connectivity index (χ1) is 19.5. The number of aromatic amines is 2. The van der Waals surface area contributed by atoms with Crippen molar-refractivity contribution in [3.63, 3.8) is 0 Å². The quantitative estimate of drug-likeness (QED) is 0.194. The van der Waals surface area contributed by atoms with Crippen LogP contribution in [-0.2, 0) is 4.79 Å². The molecule has 6 nitrogen and oxygen atoms in total. The maximum Gasteiger partial charge on any atom is 0.257 e. The molecule has 0 saturated carbocycles. The Labute approximate surface area is 228 Å². The van der Waals surface area contributed by atoms with Crippen LogP contribution in [0.15, 0.2) is 73.1 Å². The zero-order valence-corrected chi connectivity index (χ0v) is 21.5. The number of allylic oxidation sites excluding steroid dienone is 1. The lowest BCUT2D eigenvalue weighted by atomic mass is 9.77. The Hall–Kier alpha value is -4.98. The van der Waals surface area contributed by atoms with Gasteiger partial charge in [0.15, 0.2) is 0 Å². The molecule has 1 atom stereocenters. The molecule has 3 aliphatic rings. The molecule has 4 N–H and O–H groups in total. The monoisotopic (exact) mass is 534 g/mol. The van der Waals surface area contributed by atoms with Crippen LogP contribution in [0, 0.1) is 11.6 Å². The van der Waals surface area contributed by atoms with Crippen molar-refractivity contribution in [3.05, 3.63) is 107 Å². The van der Waals surface area contributed by atoms with Crippen molar-refractivity contribution in [3.8, 4) is 11.3 Å². The molecule has 5 aromatic rings. The van der Waals surface area contributed by atoms with Crippen LogP contribution in [0.2, 0.25) is 0 Å².